The van der Waals surface area contributed by atoms with Crippen LogP contribution in [0.2, 0.25) is 0 Å². The molecular weight excluding hydrogens is 952 g/mol. The third-order valence-electron chi connectivity index (χ3n) is 12.3. The number of aliphatic carboxylic acids is 1. The van der Waals surface area contributed by atoms with E-state index in [-0.39, 0.29) is 0 Å². The zero-order valence-electron chi connectivity index (χ0n) is 36.6. The molecule has 16 N–H and O–H groups in total. The molecule has 11 unspecified atom stereocenters. The molecule has 0 radical (unpaired) electrons. The molecule has 1 amide bonds. The van der Waals surface area contributed by atoms with Crippen LogP contribution in [0.25, 0.3) is 0 Å². The van der Waals surface area contributed by atoms with Crippen molar-refractivity contribution in [3.8, 4) is 0 Å². The number of carboxylic acids is 1. The molecule has 390 valence electrons. The lowest BCUT2D eigenvalue weighted by Gasteiger charge is -2.52. The first-order valence-electron chi connectivity index (χ1n) is 21.3. The molecule has 5 aliphatic rings. The summed E-state index contributed by atoms with van der Waals surface area (Å²) in [5.41, 5.74) is 0. The normalized spacial score (nSPS) is 47.7. The van der Waals surface area contributed by atoms with E-state index in [1.54, 1.807) is 6.66 Å². The van der Waals surface area contributed by atoms with Gasteiger partial charge in [-0.1, -0.05) is 15.9 Å². The van der Waals surface area contributed by atoms with Crippen LogP contribution < -0.4 is 5.32 Å². The topological polar surface area (TPSA) is 442 Å². The van der Waals surface area contributed by atoms with Crippen LogP contribution in [-0.2, 0) is 56.7 Å². The van der Waals surface area contributed by atoms with Gasteiger partial charge in [-0.25, -0.2) is 4.79 Å². The minimum atomic E-state index is -3.03. The summed E-state index contributed by atoms with van der Waals surface area (Å²) in [6, 6.07) is -1.74. The molecule has 5 heterocycles. The Bertz CT molecular complexity index is 1600. The van der Waals surface area contributed by atoms with Crippen molar-refractivity contribution in [1.29, 1.82) is 0 Å². The minimum Gasteiger partial charge on any atom is -0.477 e. The standard InChI is InChI=1S/C37H65NO27P2/c1-10-13(44)5-37(36(54)55,63-27(10)20(47)14(45)6-39)64-30-22(49)16(8-41)57-34(26(30)53)60-28-17(9-42)59-32(62-31-24(51)21(48)15(7-40)58-35(31)65-67(4)66)18(38-12(3)43)29(28)61-33-25(52)23(50)19(46)11(2)56-33/h10-11,13-35,39-42,44-53H,5-9,66H2,1-4H3,(H,38,43)(H,54,55)/t10-,11?,13-,14-,15?,16?,17?,18+,19-,20-,21-,22+,23+,24+,25?,26+,27?,28-,29-,30+,31-,32?,33+,34?,35?,37+,67?/m1/s1. The monoisotopic (exact) mass is 1020 g/mol. The second kappa shape index (κ2) is 24.0. The SMILES string of the molecule is CC(=O)N[C@@H]1C(O[C@H]2C(OP(C)P)OC(CO)[C@@H](O)[C@@H]2O)OC(CO)[C@@H](OC2OC(CO)[C@H](O)[C@H](O[C@]3(C(=O)O)C[C@@H](O)[C@@H](C)C([C@H](O)[C@H](O)CO)O3)[C@@H]2O)[C@@H]1O[C@@H]1OC(C)[C@@H](O)[C@H](O)C1O. The largest absolute Gasteiger partial charge is 0.477 e. The molecule has 0 bridgehead atoms. The molecule has 0 aromatic carbocycles. The van der Waals surface area contributed by atoms with Crippen LogP contribution in [0.1, 0.15) is 27.2 Å². The Labute approximate surface area is 386 Å². The van der Waals surface area contributed by atoms with E-state index in [1.165, 1.54) is 13.8 Å². The Morgan fingerprint density at radius 1 is 0.701 bits per heavy atom. The van der Waals surface area contributed by atoms with E-state index in [2.05, 4.69) is 14.2 Å². The highest BCUT2D eigenvalue weighted by molar-refractivity contribution is 8.10. The van der Waals surface area contributed by atoms with E-state index in [9.17, 15) is 86.2 Å². The van der Waals surface area contributed by atoms with Crippen molar-refractivity contribution in [2.75, 3.05) is 33.1 Å². The second-order valence-electron chi connectivity index (χ2n) is 17.1. The van der Waals surface area contributed by atoms with Crippen molar-refractivity contribution in [2.24, 2.45) is 5.92 Å². The average Bonchev–Trinajstić information content (AvgIpc) is 3.28. The van der Waals surface area contributed by atoms with Crippen molar-refractivity contribution in [2.45, 2.75) is 180 Å². The number of aliphatic hydroxyl groups excluding tert-OH is 14. The second-order valence-corrected chi connectivity index (χ2v) is 20.6. The minimum absolute atomic E-state index is 0.763. The number of aliphatic hydroxyl groups is 14. The van der Waals surface area contributed by atoms with E-state index >= 15 is 0 Å². The fourth-order valence-electron chi connectivity index (χ4n) is 8.47. The molecule has 0 saturated carbocycles. The highest BCUT2D eigenvalue weighted by Gasteiger charge is 2.61. The number of carboxylic acid groups (broad SMARTS) is 1. The maximum atomic E-state index is 13.0. The molecule has 0 aromatic rings. The zero-order valence-corrected chi connectivity index (χ0v) is 38.7. The number of amides is 1. The molecular formula is C37H65NO27P2. The van der Waals surface area contributed by atoms with Crippen LogP contribution in [0.5, 0.6) is 0 Å². The molecule has 5 fully saturated rings. The Hall–Kier alpha value is -1.16. The smallest absolute Gasteiger partial charge is 0.364 e. The number of carbonyl (C=O) groups is 2. The Balaban J connectivity index is 1.55. The molecule has 30 heteroatoms. The van der Waals surface area contributed by atoms with Gasteiger partial charge in [-0.05, 0) is 13.6 Å². The van der Waals surface area contributed by atoms with E-state index in [4.69, 9.17) is 47.2 Å². The summed E-state index contributed by atoms with van der Waals surface area (Å²) >= 11 is 0. The van der Waals surface area contributed by atoms with Gasteiger partial charge in [-0.15, -0.1) is 0 Å². The summed E-state index contributed by atoms with van der Waals surface area (Å²) < 4.78 is 59.0. The van der Waals surface area contributed by atoms with Gasteiger partial charge in [-0.2, -0.15) is 0 Å². The number of rotatable bonds is 18. The highest BCUT2D eigenvalue weighted by atomic mass is 32.0. The van der Waals surface area contributed by atoms with Crippen molar-refractivity contribution in [3.63, 3.8) is 0 Å². The van der Waals surface area contributed by atoms with Gasteiger partial charge in [0.2, 0.25) is 5.91 Å². The molecule has 5 rings (SSSR count). The fourth-order valence-corrected chi connectivity index (χ4v) is 9.33. The zero-order chi connectivity index (χ0) is 50.0. The van der Waals surface area contributed by atoms with Gasteiger partial charge in [0.25, 0.3) is 5.79 Å². The van der Waals surface area contributed by atoms with E-state index < -0.39 is 211 Å². The Morgan fingerprint density at radius 3 is 1.82 bits per heavy atom. The summed E-state index contributed by atoms with van der Waals surface area (Å²) in [6.07, 6.45) is -43.2. The molecule has 67 heavy (non-hydrogen) atoms. The first-order chi connectivity index (χ1) is 31.4. The third-order valence-corrected chi connectivity index (χ3v) is 13.2. The first kappa shape index (κ1) is 56.8. The van der Waals surface area contributed by atoms with Crippen LogP contribution in [0.4, 0.5) is 0 Å². The maximum Gasteiger partial charge on any atom is 0.364 e. The number of hydrogen-bond donors (Lipinski definition) is 16. The lowest BCUT2D eigenvalue weighted by molar-refractivity contribution is -0.398. The van der Waals surface area contributed by atoms with Crippen molar-refractivity contribution >= 4 is 28.6 Å². The summed E-state index contributed by atoms with van der Waals surface area (Å²) in [5.74, 6) is -6.91. The van der Waals surface area contributed by atoms with Gasteiger partial charge in [0.05, 0.1) is 44.7 Å². The van der Waals surface area contributed by atoms with Gasteiger partial charge in [0.15, 0.2) is 25.2 Å². The van der Waals surface area contributed by atoms with Crippen LogP contribution in [-0.4, -0.2) is 275 Å². The first-order valence-corrected chi connectivity index (χ1v) is 24.6. The van der Waals surface area contributed by atoms with E-state index in [0.29, 0.717) is 0 Å². The van der Waals surface area contributed by atoms with E-state index in [0.717, 1.165) is 6.92 Å². The molecule has 5 saturated heterocycles. The summed E-state index contributed by atoms with van der Waals surface area (Å²) in [6.45, 7) is 1.41. The van der Waals surface area contributed by atoms with Gasteiger partial charge >= 0.3 is 5.97 Å². The van der Waals surface area contributed by atoms with Crippen LogP contribution in [0, 0.1) is 5.92 Å². The van der Waals surface area contributed by atoms with Crippen molar-refractivity contribution in [1.82, 2.24) is 5.32 Å². The molecule has 28 atom stereocenters. The Morgan fingerprint density at radius 2 is 1.25 bits per heavy atom. The third kappa shape index (κ3) is 12.4. The number of nitrogens with one attached hydrogen (secondary N) is 1. The summed E-state index contributed by atoms with van der Waals surface area (Å²) in [7, 11) is 0.984. The number of carbonyl (C=O) groups excluding carboxylic acids is 1. The lowest BCUT2D eigenvalue weighted by atomic mass is 9.84. The van der Waals surface area contributed by atoms with E-state index in [1.807, 2.05) is 0 Å². The maximum absolute atomic E-state index is 13.0. The van der Waals surface area contributed by atoms with Gasteiger partial charge in [0, 0.05) is 27.1 Å². The van der Waals surface area contributed by atoms with Gasteiger partial charge in [0.1, 0.15) is 104 Å². The van der Waals surface area contributed by atoms with Crippen LogP contribution in [0.3, 0.4) is 0 Å². The fraction of sp³-hybridized carbons (Fsp3) is 0.946. The molecule has 0 aliphatic carbocycles. The van der Waals surface area contributed by atoms with Crippen LogP contribution >= 0.6 is 16.8 Å². The van der Waals surface area contributed by atoms with Crippen molar-refractivity contribution in [3.05, 3.63) is 0 Å². The predicted octanol–water partition coefficient (Wildman–Crippen LogP) is -8.43. The average molecular weight is 1020 g/mol. The molecule has 0 aromatic heterocycles. The van der Waals surface area contributed by atoms with Gasteiger partial charge < -0.3 is 129 Å². The Kier molecular flexibility index (Phi) is 20.4. The van der Waals surface area contributed by atoms with Gasteiger partial charge in [-0.3, -0.25) is 4.79 Å². The summed E-state index contributed by atoms with van der Waals surface area (Å²) in [5, 5.41) is 163. The number of hydrogen-bond acceptors (Lipinski definition) is 26. The molecule has 5 aliphatic heterocycles. The molecule has 0 spiro atoms. The number of ether oxygens (including phenoxy) is 9. The van der Waals surface area contributed by atoms with Crippen molar-refractivity contribution < 1.29 is 133 Å². The molecule has 28 nitrogen and oxygen atoms in total. The van der Waals surface area contributed by atoms with Crippen LogP contribution in [0.15, 0.2) is 0 Å². The lowest BCUT2D eigenvalue weighted by Crippen LogP contribution is -2.71. The summed E-state index contributed by atoms with van der Waals surface area (Å²) in [4.78, 5) is 25.9. The quantitative estimate of drug-likeness (QED) is 0.0567. The highest BCUT2D eigenvalue weighted by Crippen LogP contribution is 2.46. The predicted molar refractivity (Wildman–Crippen MR) is 218 cm³/mol.